The third kappa shape index (κ3) is 2.22. The zero-order valence-electron chi connectivity index (χ0n) is 10.3. The highest BCUT2D eigenvalue weighted by Crippen LogP contribution is 2.35. The van der Waals surface area contributed by atoms with E-state index in [2.05, 4.69) is 15.9 Å². The van der Waals surface area contributed by atoms with Gasteiger partial charge in [0, 0.05) is 21.0 Å². The molecule has 0 aliphatic rings. The summed E-state index contributed by atoms with van der Waals surface area (Å²) in [5.74, 6) is 0.0352. The fourth-order valence-electron chi connectivity index (χ4n) is 2.42. The first-order chi connectivity index (χ1) is 9.61. The van der Waals surface area contributed by atoms with Crippen LogP contribution < -0.4 is 0 Å². The van der Waals surface area contributed by atoms with Crippen molar-refractivity contribution in [2.75, 3.05) is 5.33 Å². The highest BCUT2D eigenvalue weighted by Gasteiger charge is 2.12. The van der Waals surface area contributed by atoms with Crippen molar-refractivity contribution in [3.05, 3.63) is 58.1 Å². The maximum absolute atomic E-state index is 12.0. The number of carbonyl (C=O) groups is 1. The molecule has 0 saturated carbocycles. The van der Waals surface area contributed by atoms with E-state index in [9.17, 15) is 4.79 Å². The summed E-state index contributed by atoms with van der Waals surface area (Å²) < 4.78 is 0. The van der Waals surface area contributed by atoms with Crippen LogP contribution in [0.2, 0.25) is 10.0 Å². The highest BCUT2D eigenvalue weighted by atomic mass is 79.9. The maximum atomic E-state index is 12.0. The average Bonchev–Trinajstić information content (AvgIpc) is 2.46. The smallest absolute Gasteiger partial charge is 0.173 e. The van der Waals surface area contributed by atoms with Crippen molar-refractivity contribution in [2.24, 2.45) is 0 Å². The second-order valence-corrected chi connectivity index (χ2v) is 5.91. The van der Waals surface area contributed by atoms with E-state index in [1.165, 1.54) is 0 Å². The Hall–Kier alpha value is -1.09. The lowest BCUT2D eigenvalue weighted by Gasteiger charge is -2.10. The molecule has 0 aromatic heterocycles. The minimum absolute atomic E-state index is 0.0352. The number of hydrogen-bond acceptors (Lipinski definition) is 1. The number of fused-ring (bicyclic) bond motifs is 3. The average molecular weight is 368 g/mol. The van der Waals surface area contributed by atoms with E-state index < -0.39 is 0 Å². The van der Waals surface area contributed by atoms with Crippen LogP contribution in [0.3, 0.4) is 0 Å². The summed E-state index contributed by atoms with van der Waals surface area (Å²) in [5, 5.41) is 5.31. The first-order valence-corrected chi connectivity index (χ1v) is 7.89. The van der Waals surface area contributed by atoms with Crippen molar-refractivity contribution < 1.29 is 4.79 Å². The Labute approximate surface area is 134 Å². The van der Waals surface area contributed by atoms with Gasteiger partial charge in [0.2, 0.25) is 0 Å². The van der Waals surface area contributed by atoms with Crippen LogP contribution in [0.15, 0.2) is 42.5 Å². The van der Waals surface area contributed by atoms with Crippen LogP contribution in [-0.4, -0.2) is 11.1 Å². The molecule has 20 heavy (non-hydrogen) atoms. The molecule has 100 valence electrons. The van der Waals surface area contributed by atoms with E-state index in [1.807, 2.05) is 42.5 Å². The number of carbonyl (C=O) groups excluding carboxylic acids is 1. The van der Waals surface area contributed by atoms with Gasteiger partial charge in [0.25, 0.3) is 0 Å². The molecule has 0 saturated heterocycles. The first-order valence-electron chi connectivity index (χ1n) is 6.01. The van der Waals surface area contributed by atoms with Gasteiger partial charge in [-0.3, -0.25) is 4.79 Å². The van der Waals surface area contributed by atoms with Crippen molar-refractivity contribution in [3.63, 3.8) is 0 Å². The van der Waals surface area contributed by atoms with E-state index in [4.69, 9.17) is 23.2 Å². The monoisotopic (exact) mass is 366 g/mol. The number of benzene rings is 3. The Morgan fingerprint density at radius 1 is 0.950 bits per heavy atom. The summed E-state index contributed by atoms with van der Waals surface area (Å²) in [5.41, 5.74) is 0.670. The van der Waals surface area contributed by atoms with Gasteiger partial charge in [-0.05, 0) is 34.4 Å². The molecule has 0 heterocycles. The Balaban J connectivity index is 2.50. The summed E-state index contributed by atoms with van der Waals surface area (Å²) in [4.78, 5) is 12.0. The Morgan fingerprint density at radius 2 is 1.75 bits per heavy atom. The molecule has 3 aromatic carbocycles. The quantitative estimate of drug-likeness (QED) is 0.314. The maximum Gasteiger partial charge on any atom is 0.173 e. The van der Waals surface area contributed by atoms with E-state index >= 15 is 0 Å². The van der Waals surface area contributed by atoms with Gasteiger partial charge in [-0.1, -0.05) is 63.4 Å². The van der Waals surface area contributed by atoms with E-state index in [-0.39, 0.29) is 11.1 Å². The summed E-state index contributed by atoms with van der Waals surface area (Å²) in [7, 11) is 0. The summed E-state index contributed by atoms with van der Waals surface area (Å²) in [6.45, 7) is 0. The highest BCUT2D eigenvalue weighted by molar-refractivity contribution is 9.09. The van der Waals surface area contributed by atoms with Crippen LogP contribution >= 0.6 is 39.1 Å². The topological polar surface area (TPSA) is 17.1 Å². The van der Waals surface area contributed by atoms with Crippen molar-refractivity contribution in [1.82, 2.24) is 0 Å². The number of alkyl halides is 1. The van der Waals surface area contributed by atoms with Gasteiger partial charge < -0.3 is 0 Å². The van der Waals surface area contributed by atoms with Gasteiger partial charge >= 0.3 is 0 Å². The standard InChI is InChI=1S/C16H9BrCl2O/c17-8-16(20)12-3-1-2-10-13-6-9(18)4-5-11(13)15(19)7-14(10)12/h1-7H,8H2. The van der Waals surface area contributed by atoms with Crippen LogP contribution in [0.5, 0.6) is 0 Å². The number of hydrogen-bond donors (Lipinski definition) is 0. The Kier molecular flexibility index (Phi) is 3.72. The normalized spacial score (nSPS) is 11.2. The number of rotatable bonds is 2. The van der Waals surface area contributed by atoms with Crippen LogP contribution in [0.4, 0.5) is 0 Å². The molecule has 0 fully saturated rings. The molecule has 0 N–H and O–H groups in total. The van der Waals surface area contributed by atoms with Gasteiger partial charge in [-0.25, -0.2) is 0 Å². The molecular formula is C16H9BrCl2O. The minimum Gasteiger partial charge on any atom is -0.293 e. The lowest BCUT2D eigenvalue weighted by atomic mass is 9.97. The molecule has 0 unspecified atom stereocenters. The number of ketones is 1. The largest absolute Gasteiger partial charge is 0.293 e. The lowest BCUT2D eigenvalue weighted by molar-refractivity contribution is 0.102. The van der Waals surface area contributed by atoms with Gasteiger partial charge in [0.15, 0.2) is 5.78 Å². The molecule has 4 heteroatoms. The third-order valence-electron chi connectivity index (χ3n) is 3.33. The Bertz CT molecular complexity index is 843. The van der Waals surface area contributed by atoms with Gasteiger partial charge in [0.1, 0.15) is 0 Å². The molecule has 3 rings (SSSR count). The second kappa shape index (κ2) is 5.36. The fraction of sp³-hybridized carbons (Fsp3) is 0.0625. The zero-order valence-corrected chi connectivity index (χ0v) is 13.4. The Morgan fingerprint density at radius 3 is 2.50 bits per heavy atom. The molecule has 0 atom stereocenters. The lowest BCUT2D eigenvalue weighted by Crippen LogP contribution is -2.00. The van der Waals surface area contributed by atoms with Crippen LogP contribution in [0.25, 0.3) is 21.5 Å². The summed E-state index contributed by atoms with van der Waals surface area (Å²) in [6, 6.07) is 13.1. The van der Waals surface area contributed by atoms with E-state index in [0.717, 1.165) is 21.5 Å². The van der Waals surface area contributed by atoms with Crippen molar-refractivity contribution >= 4 is 66.5 Å². The molecule has 3 aromatic rings. The fourth-order valence-corrected chi connectivity index (χ4v) is 3.17. The SMILES string of the molecule is O=C(CBr)c1cccc2c1cc(Cl)c1ccc(Cl)cc12. The molecule has 0 spiro atoms. The van der Waals surface area contributed by atoms with E-state index in [1.54, 1.807) is 0 Å². The predicted molar refractivity (Wildman–Crippen MR) is 89.6 cm³/mol. The molecule has 0 radical (unpaired) electrons. The van der Waals surface area contributed by atoms with Crippen molar-refractivity contribution in [2.45, 2.75) is 0 Å². The molecule has 0 amide bonds. The van der Waals surface area contributed by atoms with Crippen molar-refractivity contribution in [3.8, 4) is 0 Å². The predicted octanol–water partition coefficient (Wildman–Crippen LogP) is 5.88. The van der Waals surface area contributed by atoms with Crippen LogP contribution in [-0.2, 0) is 0 Å². The zero-order chi connectivity index (χ0) is 14.3. The molecule has 0 aliphatic heterocycles. The molecule has 1 nitrogen and oxygen atoms in total. The van der Waals surface area contributed by atoms with Crippen LogP contribution in [0, 0.1) is 0 Å². The molecular weight excluding hydrogens is 359 g/mol. The second-order valence-electron chi connectivity index (χ2n) is 4.51. The van der Waals surface area contributed by atoms with Gasteiger partial charge in [-0.15, -0.1) is 0 Å². The number of halogens is 3. The first kappa shape index (κ1) is 13.9. The van der Waals surface area contributed by atoms with E-state index in [0.29, 0.717) is 15.6 Å². The summed E-state index contributed by atoms with van der Waals surface area (Å²) in [6.07, 6.45) is 0. The summed E-state index contributed by atoms with van der Waals surface area (Å²) >= 11 is 15.6. The minimum atomic E-state index is 0.0352. The van der Waals surface area contributed by atoms with Crippen LogP contribution in [0.1, 0.15) is 10.4 Å². The molecule has 0 bridgehead atoms. The third-order valence-corrected chi connectivity index (χ3v) is 4.39. The van der Waals surface area contributed by atoms with Crippen molar-refractivity contribution in [1.29, 1.82) is 0 Å². The van der Waals surface area contributed by atoms with Gasteiger partial charge in [0.05, 0.1) is 5.33 Å². The number of Topliss-reactive ketones (excluding diaryl/α,β-unsaturated/α-hetero) is 1. The van der Waals surface area contributed by atoms with Gasteiger partial charge in [-0.2, -0.15) is 0 Å². The molecule has 0 aliphatic carbocycles.